The maximum absolute atomic E-state index is 5.59. The van der Waals surface area contributed by atoms with Gasteiger partial charge >= 0.3 is 0 Å². The molecule has 0 radical (unpaired) electrons. The van der Waals surface area contributed by atoms with E-state index in [4.69, 9.17) is 4.42 Å². The van der Waals surface area contributed by atoms with Crippen LogP contribution in [0.25, 0.3) is 0 Å². The standard InChI is InChI=1S/C18H26N4O/c1-3-17-19-20-18(23-17)14-21(2)11-16-9-10-22(13-16)12-15-7-5-4-6-8-15/h4-8,16H,3,9-14H2,1-2H3. The van der Waals surface area contributed by atoms with Crippen molar-refractivity contribution in [2.45, 2.75) is 32.9 Å². The first-order chi connectivity index (χ1) is 11.2. The van der Waals surface area contributed by atoms with E-state index in [0.29, 0.717) is 0 Å². The van der Waals surface area contributed by atoms with Crippen LogP contribution in [0.4, 0.5) is 0 Å². The topological polar surface area (TPSA) is 45.4 Å². The third-order valence-corrected chi connectivity index (χ3v) is 4.41. The summed E-state index contributed by atoms with van der Waals surface area (Å²) in [6.07, 6.45) is 2.06. The van der Waals surface area contributed by atoms with Crippen LogP contribution in [0.5, 0.6) is 0 Å². The first kappa shape index (κ1) is 16.1. The number of likely N-dealkylation sites (tertiary alicyclic amines) is 1. The number of aromatic nitrogens is 2. The van der Waals surface area contributed by atoms with Crippen molar-refractivity contribution in [3.63, 3.8) is 0 Å². The lowest BCUT2D eigenvalue weighted by Crippen LogP contribution is -2.28. The third-order valence-electron chi connectivity index (χ3n) is 4.41. The Morgan fingerprint density at radius 1 is 1.22 bits per heavy atom. The lowest BCUT2D eigenvalue weighted by molar-refractivity contribution is 0.235. The molecule has 1 aromatic heterocycles. The molecule has 124 valence electrons. The van der Waals surface area contributed by atoms with E-state index in [1.807, 2.05) is 6.92 Å². The fraction of sp³-hybridized carbons (Fsp3) is 0.556. The summed E-state index contributed by atoms with van der Waals surface area (Å²) in [5.41, 5.74) is 1.40. The van der Waals surface area contributed by atoms with Gasteiger partial charge in [0, 0.05) is 26.1 Å². The molecule has 1 fully saturated rings. The fourth-order valence-electron chi connectivity index (χ4n) is 3.28. The molecule has 0 bridgehead atoms. The molecule has 0 amide bonds. The minimum atomic E-state index is 0.720. The van der Waals surface area contributed by atoms with E-state index in [9.17, 15) is 0 Å². The number of benzene rings is 1. The Morgan fingerprint density at radius 3 is 2.74 bits per heavy atom. The third kappa shape index (κ3) is 4.62. The second-order valence-electron chi connectivity index (χ2n) is 6.52. The molecule has 1 aliphatic heterocycles. The van der Waals surface area contributed by atoms with Gasteiger partial charge in [-0.15, -0.1) is 10.2 Å². The zero-order chi connectivity index (χ0) is 16.1. The summed E-state index contributed by atoms with van der Waals surface area (Å²) in [7, 11) is 2.13. The van der Waals surface area contributed by atoms with Crippen molar-refractivity contribution < 1.29 is 4.42 Å². The van der Waals surface area contributed by atoms with Gasteiger partial charge in [0.25, 0.3) is 0 Å². The van der Waals surface area contributed by atoms with Crippen molar-refractivity contribution in [1.29, 1.82) is 0 Å². The normalized spacial score (nSPS) is 18.8. The smallest absolute Gasteiger partial charge is 0.230 e. The van der Waals surface area contributed by atoms with Crippen molar-refractivity contribution in [2.75, 3.05) is 26.7 Å². The highest BCUT2D eigenvalue weighted by molar-refractivity contribution is 5.14. The Kier molecular flexibility index (Phi) is 5.41. The van der Waals surface area contributed by atoms with Gasteiger partial charge in [-0.25, -0.2) is 0 Å². The maximum atomic E-state index is 5.59. The monoisotopic (exact) mass is 314 g/mol. The fourth-order valence-corrected chi connectivity index (χ4v) is 3.28. The number of nitrogens with zero attached hydrogens (tertiary/aromatic N) is 4. The molecule has 2 aromatic rings. The van der Waals surface area contributed by atoms with Crippen LogP contribution in [-0.2, 0) is 19.5 Å². The van der Waals surface area contributed by atoms with Gasteiger partial charge in [-0.2, -0.15) is 0 Å². The highest BCUT2D eigenvalue weighted by Crippen LogP contribution is 2.20. The highest BCUT2D eigenvalue weighted by Gasteiger charge is 2.24. The van der Waals surface area contributed by atoms with E-state index in [2.05, 4.69) is 57.4 Å². The number of hydrogen-bond donors (Lipinski definition) is 0. The minimum absolute atomic E-state index is 0.720. The van der Waals surface area contributed by atoms with E-state index < -0.39 is 0 Å². The van der Waals surface area contributed by atoms with Gasteiger partial charge in [-0.3, -0.25) is 9.80 Å². The van der Waals surface area contributed by atoms with Gasteiger partial charge in [-0.05, 0) is 31.5 Å². The Labute approximate surface area is 138 Å². The van der Waals surface area contributed by atoms with Gasteiger partial charge in [0.1, 0.15) is 0 Å². The molecule has 0 saturated carbocycles. The molecule has 0 spiro atoms. The second kappa shape index (κ2) is 7.70. The summed E-state index contributed by atoms with van der Waals surface area (Å²) in [4.78, 5) is 4.85. The van der Waals surface area contributed by atoms with Crippen molar-refractivity contribution in [2.24, 2.45) is 5.92 Å². The van der Waals surface area contributed by atoms with Crippen LogP contribution in [-0.4, -0.2) is 46.7 Å². The molecule has 1 unspecified atom stereocenters. The molecule has 3 rings (SSSR count). The van der Waals surface area contributed by atoms with Crippen molar-refractivity contribution in [1.82, 2.24) is 20.0 Å². The Balaban J connectivity index is 1.44. The van der Waals surface area contributed by atoms with Gasteiger partial charge < -0.3 is 4.42 Å². The van der Waals surface area contributed by atoms with Crippen molar-refractivity contribution in [3.8, 4) is 0 Å². The zero-order valence-corrected chi connectivity index (χ0v) is 14.1. The van der Waals surface area contributed by atoms with Crippen molar-refractivity contribution >= 4 is 0 Å². The molecular formula is C18H26N4O. The SMILES string of the molecule is CCc1nnc(CN(C)CC2CCN(Cc3ccccc3)C2)o1. The summed E-state index contributed by atoms with van der Waals surface area (Å²) in [5.74, 6) is 2.17. The summed E-state index contributed by atoms with van der Waals surface area (Å²) in [6, 6.07) is 10.7. The number of aryl methyl sites for hydroxylation is 1. The lowest BCUT2D eigenvalue weighted by atomic mass is 10.1. The van der Waals surface area contributed by atoms with E-state index in [1.165, 1.54) is 25.1 Å². The molecular weight excluding hydrogens is 288 g/mol. The Bertz CT molecular complexity index is 598. The number of hydrogen-bond acceptors (Lipinski definition) is 5. The van der Waals surface area contributed by atoms with Crippen LogP contribution in [0.1, 0.15) is 30.7 Å². The summed E-state index contributed by atoms with van der Waals surface area (Å²) in [5, 5.41) is 8.13. The largest absolute Gasteiger partial charge is 0.424 e. The predicted molar refractivity (Wildman–Crippen MR) is 89.8 cm³/mol. The molecule has 5 nitrogen and oxygen atoms in total. The summed E-state index contributed by atoms with van der Waals surface area (Å²) < 4.78 is 5.59. The van der Waals surface area contributed by atoms with Crippen LogP contribution in [0, 0.1) is 5.92 Å². The molecule has 5 heteroatoms. The molecule has 23 heavy (non-hydrogen) atoms. The Morgan fingerprint density at radius 2 is 2.00 bits per heavy atom. The first-order valence-corrected chi connectivity index (χ1v) is 8.49. The van der Waals surface area contributed by atoms with Gasteiger partial charge in [-0.1, -0.05) is 37.3 Å². The summed E-state index contributed by atoms with van der Waals surface area (Å²) in [6.45, 7) is 7.26. The average Bonchev–Trinajstić information content (AvgIpc) is 3.18. The molecule has 2 heterocycles. The molecule has 1 saturated heterocycles. The van der Waals surface area contributed by atoms with Crippen LogP contribution < -0.4 is 0 Å². The Hall–Kier alpha value is -1.72. The lowest BCUT2D eigenvalue weighted by Gasteiger charge is -2.20. The first-order valence-electron chi connectivity index (χ1n) is 8.49. The molecule has 0 aliphatic carbocycles. The van der Waals surface area contributed by atoms with E-state index >= 15 is 0 Å². The summed E-state index contributed by atoms with van der Waals surface area (Å²) >= 11 is 0. The average molecular weight is 314 g/mol. The second-order valence-corrected chi connectivity index (χ2v) is 6.52. The molecule has 1 aromatic carbocycles. The maximum Gasteiger partial charge on any atom is 0.230 e. The van der Waals surface area contributed by atoms with Crippen molar-refractivity contribution in [3.05, 3.63) is 47.7 Å². The van der Waals surface area contributed by atoms with Crippen LogP contribution in [0.2, 0.25) is 0 Å². The van der Waals surface area contributed by atoms with Crippen LogP contribution >= 0.6 is 0 Å². The minimum Gasteiger partial charge on any atom is -0.424 e. The van der Waals surface area contributed by atoms with E-state index in [1.54, 1.807) is 0 Å². The van der Waals surface area contributed by atoms with E-state index in [0.717, 1.165) is 43.8 Å². The van der Waals surface area contributed by atoms with E-state index in [-0.39, 0.29) is 0 Å². The number of rotatable bonds is 7. The predicted octanol–water partition coefficient (Wildman–Crippen LogP) is 2.59. The van der Waals surface area contributed by atoms with Crippen LogP contribution in [0.3, 0.4) is 0 Å². The molecule has 0 N–H and O–H groups in total. The quantitative estimate of drug-likeness (QED) is 0.786. The van der Waals surface area contributed by atoms with Gasteiger partial charge in [0.15, 0.2) is 0 Å². The van der Waals surface area contributed by atoms with Crippen LogP contribution in [0.15, 0.2) is 34.7 Å². The molecule has 1 atom stereocenters. The van der Waals surface area contributed by atoms with Gasteiger partial charge in [0.05, 0.1) is 6.54 Å². The zero-order valence-electron chi connectivity index (χ0n) is 14.1. The van der Waals surface area contributed by atoms with Gasteiger partial charge in [0.2, 0.25) is 11.8 Å². The highest BCUT2D eigenvalue weighted by atomic mass is 16.4. The molecule has 1 aliphatic rings.